The Hall–Kier alpha value is -1.14. The van der Waals surface area contributed by atoms with Gasteiger partial charge in [0.15, 0.2) is 0 Å². The molecule has 0 radical (unpaired) electrons. The second-order valence-corrected chi connectivity index (χ2v) is 5.14. The zero-order chi connectivity index (χ0) is 13.7. The second-order valence-electron chi connectivity index (χ2n) is 5.14. The molecule has 0 aromatic rings. The number of nitrogens with zero attached hydrogens (tertiary/aromatic N) is 3. The summed E-state index contributed by atoms with van der Waals surface area (Å²) >= 11 is 0. The highest BCUT2D eigenvalue weighted by Gasteiger charge is 2.20. The molecule has 6 heteroatoms. The van der Waals surface area contributed by atoms with Gasteiger partial charge in [-0.05, 0) is 26.8 Å². The number of aliphatic imine (C=N–C) groups is 1. The van der Waals surface area contributed by atoms with E-state index < -0.39 is 6.09 Å². The van der Waals surface area contributed by atoms with Crippen LogP contribution in [-0.2, 0) is 9.47 Å². The van der Waals surface area contributed by atoms with Gasteiger partial charge in [0.1, 0.15) is 11.9 Å². The molecule has 0 aliphatic carbocycles. The Labute approximate surface area is 114 Å². The number of hydrogen-bond donors (Lipinski definition) is 0. The van der Waals surface area contributed by atoms with Gasteiger partial charge in [-0.2, -0.15) is 4.99 Å². The molecule has 0 saturated carbocycles. The van der Waals surface area contributed by atoms with Crippen LogP contribution in [0.25, 0.3) is 0 Å². The fourth-order valence-electron chi connectivity index (χ4n) is 2.36. The van der Waals surface area contributed by atoms with E-state index in [1.54, 1.807) is 0 Å². The predicted octanol–water partition coefficient (Wildman–Crippen LogP) is 0.968. The van der Waals surface area contributed by atoms with Crippen molar-refractivity contribution >= 4 is 11.9 Å². The number of amides is 1. The molecule has 0 N–H and O–H groups in total. The highest BCUT2D eigenvalue weighted by molar-refractivity contribution is 5.90. The van der Waals surface area contributed by atoms with Crippen LogP contribution < -0.4 is 0 Å². The van der Waals surface area contributed by atoms with Crippen molar-refractivity contribution in [2.75, 3.05) is 46.4 Å². The van der Waals surface area contributed by atoms with Crippen LogP contribution in [0.2, 0.25) is 0 Å². The maximum atomic E-state index is 11.8. The molecule has 108 valence electrons. The Morgan fingerprint density at radius 2 is 1.84 bits per heavy atom. The lowest BCUT2D eigenvalue weighted by molar-refractivity contribution is 0.0605. The number of likely N-dealkylation sites (tertiary alicyclic amines) is 1. The van der Waals surface area contributed by atoms with Crippen LogP contribution in [0, 0.1) is 0 Å². The molecule has 0 unspecified atom stereocenters. The third kappa shape index (κ3) is 4.47. The minimum absolute atomic E-state index is 0.0185. The molecule has 2 saturated heterocycles. The van der Waals surface area contributed by atoms with Gasteiger partial charge in [-0.1, -0.05) is 0 Å². The van der Waals surface area contributed by atoms with Crippen molar-refractivity contribution in [3.8, 4) is 0 Å². The average Bonchev–Trinajstić information content (AvgIpc) is 2.42. The third-order valence-corrected chi connectivity index (χ3v) is 3.65. The molecule has 0 atom stereocenters. The number of morpholine rings is 1. The molecular formula is C13H23N3O3. The zero-order valence-electron chi connectivity index (χ0n) is 11.8. The van der Waals surface area contributed by atoms with Gasteiger partial charge in [0.2, 0.25) is 0 Å². The maximum absolute atomic E-state index is 11.8. The van der Waals surface area contributed by atoms with Gasteiger partial charge < -0.3 is 19.3 Å². The molecule has 2 rings (SSSR count). The lowest BCUT2D eigenvalue weighted by Gasteiger charge is -2.29. The Balaban J connectivity index is 1.79. The largest absolute Gasteiger partial charge is 0.444 e. The van der Waals surface area contributed by atoms with Gasteiger partial charge in [-0.3, -0.25) is 0 Å². The summed E-state index contributed by atoms with van der Waals surface area (Å²) in [6.07, 6.45) is 1.35. The third-order valence-electron chi connectivity index (χ3n) is 3.65. The number of ether oxygens (including phenoxy) is 2. The van der Waals surface area contributed by atoms with Gasteiger partial charge in [0.05, 0.1) is 13.2 Å². The molecule has 2 aliphatic rings. The summed E-state index contributed by atoms with van der Waals surface area (Å²) < 4.78 is 10.7. The molecule has 2 aliphatic heterocycles. The summed E-state index contributed by atoms with van der Waals surface area (Å²) in [4.78, 5) is 20.1. The van der Waals surface area contributed by atoms with E-state index in [9.17, 15) is 4.79 Å². The van der Waals surface area contributed by atoms with E-state index in [-0.39, 0.29) is 6.10 Å². The number of rotatable bonds is 1. The van der Waals surface area contributed by atoms with Crippen molar-refractivity contribution in [1.82, 2.24) is 9.80 Å². The summed E-state index contributed by atoms with van der Waals surface area (Å²) in [5, 5.41) is 0. The Morgan fingerprint density at radius 1 is 1.21 bits per heavy atom. The van der Waals surface area contributed by atoms with Gasteiger partial charge in [0.25, 0.3) is 0 Å². The van der Waals surface area contributed by atoms with Gasteiger partial charge in [-0.15, -0.1) is 0 Å². The molecule has 2 heterocycles. The molecular weight excluding hydrogens is 246 g/mol. The summed E-state index contributed by atoms with van der Waals surface area (Å²) in [7, 11) is 2.08. The van der Waals surface area contributed by atoms with E-state index in [0.717, 1.165) is 44.9 Å². The molecule has 6 nitrogen and oxygen atoms in total. The number of carbonyl (C=O) groups excluding carboxylic acids is 1. The van der Waals surface area contributed by atoms with Crippen LogP contribution in [0.1, 0.15) is 19.8 Å². The quantitative estimate of drug-likeness (QED) is 0.524. The summed E-state index contributed by atoms with van der Waals surface area (Å²) in [5.41, 5.74) is 0. The van der Waals surface area contributed by atoms with Crippen LogP contribution in [0.5, 0.6) is 0 Å². The maximum Gasteiger partial charge on any atom is 0.435 e. The van der Waals surface area contributed by atoms with E-state index in [1.165, 1.54) is 0 Å². The number of piperidine rings is 1. The van der Waals surface area contributed by atoms with E-state index in [4.69, 9.17) is 9.47 Å². The van der Waals surface area contributed by atoms with E-state index in [2.05, 4.69) is 21.8 Å². The number of amidine groups is 1. The highest BCUT2D eigenvalue weighted by Crippen LogP contribution is 2.13. The van der Waals surface area contributed by atoms with E-state index in [1.807, 2.05) is 6.92 Å². The smallest absolute Gasteiger partial charge is 0.435 e. The monoisotopic (exact) mass is 269 g/mol. The first kappa shape index (κ1) is 14.3. The van der Waals surface area contributed by atoms with Crippen LogP contribution in [0.15, 0.2) is 4.99 Å². The van der Waals surface area contributed by atoms with Gasteiger partial charge >= 0.3 is 6.09 Å². The van der Waals surface area contributed by atoms with Crippen molar-refractivity contribution in [3.05, 3.63) is 0 Å². The molecule has 19 heavy (non-hydrogen) atoms. The van der Waals surface area contributed by atoms with Gasteiger partial charge in [0, 0.05) is 26.2 Å². The van der Waals surface area contributed by atoms with Crippen LogP contribution in [0.3, 0.4) is 0 Å². The molecule has 0 aromatic heterocycles. The molecule has 0 aromatic carbocycles. The molecule has 2 fully saturated rings. The first-order valence-corrected chi connectivity index (χ1v) is 6.92. The second kappa shape index (κ2) is 6.86. The van der Waals surface area contributed by atoms with Crippen LogP contribution in [0.4, 0.5) is 4.79 Å². The summed E-state index contributed by atoms with van der Waals surface area (Å²) in [5.74, 6) is 0.723. The molecule has 1 amide bonds. The zero-order valence-corrected chi connectivity index (χ0v) is 11.8. The predicted molar refractivity (Wildman–Crippen MR) is 72.5 cm³/mol. The lowest BCUT2D eigenvalue weighted by Crippen LogP contribution is -2.40. The van der Waals surface area contributed by atoms with Crippen molar-refractivity contribution < 1.29 is 14.3 Å². The first-order valence-electron chi connectivity index (χ1n) is 6.92. The first-order chi connectivity index (χ1) is 9.15. The fourth-order valence-corrected chi connectivity index (χ4v) is 2.36. The van der Waals surface area contributed by atoms with Crippen molar-refractivity contribution in [3.63, 3.8) is 0 Å². The van der Waals surface area contributed by atoms with Crippen LogP contribution in [-0.4, -0.2) is 74.3 Å². The minimum Gasteiger partial charge on any atom is -0.444 e. The fraction of sp³-hybridized carbons (Fsp3) is 0.846. The van der Waals surface area contributed by atoms with Crippen molar-refractivity contribution in [2.24, 2.45) is 4.99 Å². The Kier molecular flexibility index (Phi) is 5.15. The normalized spacial score (nSPS) is 23.5. The topological polar surface area (TPSA) is 54.4 Å². The van der Waals surface area contributed by atoms with Gasteiger partial charge in [-0.25, -0.2) is 4.79 Å². The van der Waals surface area contributed by atoms with E-state index >= 15 is 0 Å². The summed E-state index contributed by atoms with van der Waals surface area (Å²) in [6.45, 7) is 6.76. The van der Waals surface area contributed by atoms with E-state index in [0.29, 0.717) is 13.2 Å². The van der Waals surface area contributed by atoms with Crippen LogP contribution >= 0.6 is 0 Å². The molecule has 0 bridgehead atoms. The molecule has 0 spiro atoms. The standard InChI is InChI=1S/C13H23N3O3/c1-11(16-7-9-18-10-8-16)14-13(17)19-12-3-5-15(2)6-4-12/h12H,3-10H2,1-2H3/b14-11-. The Bertz CT molecular complexity index is 332. The van der Waals surface area contributed by atoms with Crippen molar-refractivity contribution in [1.29, 1.82) is 0 Å². The Morgan fingerprint density at radius 3 is 2.47 bits per heavy atom. The lowest BCUT2D eigenvalue weighted by atomic mass is 10.1. The minimum atomic E-state index is -0.460. The highest BCUT2D eigenvalue weighted by atomic mass is 16.6. The van der Waals surface area contributed by atoms with Crippen molar-refractivity contribution in [2.45, 2.75) is 25.9 Å². The SMILES string of the molecule is C/C(=N/C(=O)OC1CCN(C)CC1)N1CCOCC1. The average molecular weight is 269 g/mol. The summed E-state index contributed by atoms with van der Waals surface area (Å²) in [6, 6.07) is 0. The number of hydrogen-bond acceptors (Lipinski definition) is 4. The number of carbonyl (C=O) groups is 1.